The fourth-order valence-electron chi connectivity index (χ4n) is 3.48. The molecule has 1 aromatic carbocycles. The van der Waals surface area contributed by atoms with Crippen molar-refractivity contribution in [2.45, 2.75) is 37.8 Å². The van der Waals surface area contributed by atoms with Crippen LogP contribution in [-0.2, 0) is 16.1 Å². The fraction of sp³-hybridized carbons (Fsp3) is 0.632. The van der Waals surface area contributed by atoms with Crippen LogP contribution >= 0.6 is 24.8 Å². The van der Waals surface area contributed by atoms with E-state index in [-0.39, 0.29) is 30.7 Å². The molecule has 2 fully saturated rings. The first-order valence-electron chi connectivity index (χ1n) is 9.25. The van der Waals surface area contributed by atoms with Crippen LogP contribution in [0.1, 0.15) is 31.2 Å². The molecule has 1 saturated heterocycles. The molecule has 1 amide bonds. The number of para-hydroxylation sites is 1. The van der Waals surface area contributed by atoms with Crippen molar-refractivity contribution >= 4 is 30.7 Å². The third kappa shape index (κ3) is 6.80. The van der Waals surface area contributed by atoms with Gasteiger partial charge in [0.05, 0.1) is 18.8 Å². The topological polar surface area (TPSA) is 76.8 Å². The van der Waals surface area contributed by atoms with Crippen LogP contribution in [0.2, 0.25) is 0 Å². The number of ether oxygens (including phenoxy) is 2. The van der Waals surface area contributed by atoms with Crippen molar-refractivity contribution in [2.75, 3.05) is 39.5 Å². The zero-order valence-electron chi connectivity index (χ0n) is 15.7. The van der Waals surface area contributed by atoms with Gasteiger partial charge in [0.2, 0.25) is 5.91 Å². The van der Waals surface area contributed by atoms with Crippen molar-refractivity contribution in [3.8, 4) is 5.75 Å². The zero-order valence-corrected chi connectivity index (χ0v) is 17.3. The number of benzene rings is 1. The third-order valence-corrected chi connectivity index (χ3v) is 5.13. The van der Waals surface area contributed by atoms with Crippen molar-refractivity contribution < 1.29 is 14.3 Å². The average Bonchev–Trinajstić information content (AvgIpc) is 3.09. The maximum atomic E-state index is 12.4. The van der Waals surface area contributed by atoms with Crippen LogP contribution in [0.15, 0.2) is 24.3 Å². The maximum Gasteiger partial charge on any atom is 0.240 e. The van der Waals surface area contributed by atoms with E-state index in [1.54, 1.807) is 0 Å². The van der Waals surface area contributed by atoms with Crippen molar-refractivity contribution in [3.05, 3.63) is 29.8 Å². The standard InChI is InChI=1S/C19H29N3O3.2ClH/c20-19(7-3-4-8-19)18(23)21-15-16-5-1-2-6-17(16)25-14-11-22-9-12-24-13-10-22;;/h1-2,5-6H,3-4,7-15,20H2,(H,21,23);2*1H. The van der Waals surface area contributed by atoms with Gasteiger partial charge in [-0.3, -0.25) is 9.69 Å². The summed E-state index contributed by atoms with van der Waals surface area (Å²) in [5.41, 5.74) is 6.51. The molecule has 1 aromatic rings. The smallest absolute Gasteiger partial charge is 0.240 e. The van der Waals surface area contributed by atoms with Crippen LogP contribution in [0.25, 0.3) is 0 Å². The van der Waals surface area contributed by atoms with E-state index < -0.39 is 5.54 Å². The molecule has 2 aliphatic rings. The summed E-state index contributed by atoms with van der Waals surface area (Å²) in [4.78, 5) is 14.7. The zero-order chi connectivity index (χ0) is 17.5. The molecular weight excluding hydrogens is 389 g/mol. The first kappa shape index (κ1) is 24.0. The molecule has 0 atom stereocenters. The Kier molecular flexibility index (Phi) is 10.4. The summed E-state index contributed by atoms with van der Waals surface area (Å²) < 4.78 is 11.3. The van der Waals surface area contributed by atoms with Crippen LogP contribution in [0, 0.1) is 0 Å². The number of hydrogen-bond donors (Lipinski definition) is 2. The first-order chi connectivity index (χ1) is 12.2. The number of hydrogen-bond acceptors (Lipinski definition) is 5. The number of nitrogens with zero attached hydrogens (tertiary/aromatic N) is 1. The van der Waals surface area contributed by atoms with E-state index >= 15 is 0 Å². The normalized spacial score (nSPS) is 18.9. The van der Waals surface area contributed by atoms with Crippen LogP contribution < -0.4 is 15.8 Å². The number of halogens is 2. The number of nitrogens with one attached hydrogen (secondary N) is 1. The van der Waals surface area contributed by atoms with Gasteiger partial charge in [-0.05, 0) is 18.9 Å². The highest BCUT2D eigenvalue weighted by molar-refractivity contribution is 5.86. The summed E-state index contributed by atoms with van der Waals surface area (Å²) in [6, 6.07) is 7.86. The molecule has 1 saturated carbocycles. The van der Waals surface area contributed by atoms with E-state index in [9.17, 15) is 4.79 Å². The van der Waals surface area contributed by atoms with Crippen LogP contribution in [0.3, 0.4) is 0 Å². The lowest BCUT2D eigenvalue weighted by atomic mass is 9.98. The monoisotopic (exact) mass is 419 g/mol. The first-order valence-corrected chi connectivity index (χ1v) is 9.25. The summed E-state index contributed by atoms with van der Waals surface area (Å²) in [6.07, 6.45) is 3.61. The Balaban J connectivity index is 0.00000182. The highest BCUT2D eigenvalue weighted by Gasteiger charge is 2.36. The minimum atomic E-state index is -0.688. The summed E-state index contributed by atoms with van der Waals surface area (Å²) in [7, 11) is 0. The third-order valence-electron chi connectivity index (χ3n) is 5.13. The SMILES string of the molecule is Cl.Cl.NC1(C(=O)NCc2ccccc2OCCN2CCOCC2)CCCC1. The average molecular weight is 420 g/mol. The number of amides is 1. The summed E-state index contributed by atoms with van der Waals surface area (Å²) in [5, 5.41) is 2.99. The molecule has 6 nitrogen and oxygen atoms in total. The minimum absolute atomic E-state index is 0. The number of carbonyl (C=O) groups excluding carboxylic acids is 1. The van der Waals surface area contributed by atoms with Gasteiger partial charge < -0.3 is 20.5 Å². The largest absolute Gasteiger partial charge is 0.492 e. The lowest BCUT2D eigenvalue weighted by Crippen LogP contribution is -2.51. The Labute approximate surface area is 174 Å². The van der Waals surface area contributed by atoms with Crippen molar-refractivity contribution in [1.82, 2.24) is 10.2 Å². The highest BCUT2D eigenvalue weighted by atomic mass is 35.5. The predicted molar refractivity (Wildman–Crippen MR) is 111 cm³/mol. The molecule has 0 bridgehead atoms. The van der Waals surface area contributed by atoms with Gasteiger partial charge in [-0.2, -0.15) is 0 Å². The fourth-order valence-corrected chi connectivity index (χ4v) is 3.48. The Hall–Kier alpha value is -1.05. The van der Waals surface area contributed by atoms with Gasteiger partial charge >= 0.3 is 0 Å². The van der Waals surface area contributed by atoms with Crippen LogP contribution in [-0.4, -0.2) is 55.8 Å². The second-order valence-electron chi connectivity index (χ2n) is 6.96. The molecule has 1 aliphatic heterocycles. The molecule has 0 aromatic heterocycles. The molecule has 1 heterocycles. The number of nitrogens with two attached hydrogens (primary N) is 1. The number of rotatable bonds is 7. The molecule has 1 aliphatic carbocycles. The predicted octanol–water partition coefficient (Wildman–Crippen LogP) is 2.13. The molecule has 8 heteroatoms. The molecule has 3 N–H and O–H groups in total. The maximum absolute atomic E-state index is 12.4. The number of carbonyl (C=O) groups is 1. The summed E-state index contributed by atoms with van der Waals surface area (Å²) in [5.74, 6) is 0.779. The quantitative estimate of drug-likeness (QED) is 0.707. The van der Waals surface area contributed by atoms with Crippen LogP contribution in [0.4, 0.5) is 0 Å². The number of morpholine rings is 1. The highest BCUT2D eigenvalue weighted by Crippen LogP contribution is 2.27. The van der Waals surface area contributed by atoms with Gasteiger partial charge in [-0.25, -0.2) is 0 Å². The molecule has 3 rings (SSSR count). The van der Waals surface area contributed by atoms with E-state index in [1.165, 1.54) is 0 Å². The van der Waals surface area contributed by atoms with Crippen molar-refractivity contribution in [2.24, 2.45) is 5.73 Å². The van der Waals surface area contributed by atoms with Gasteiger partial charge in [0, 0.05) is 31.7 Å². The van der Waals surface area contributed by atoms with Gasteiger partial charge in [0.1, 0.15) is 12.4 Å². The molecular formula is C19H31Cl2N3O3. The van der Waals surface area contributed by atoms with E-state index in [1.807, 2.05) is 24.3 Å². The molecule has 27 heavy (non-hydrogen) atoms. The van der Waals surface area contributed by atoms with E-state index in [4.69, 9.17) is 15.2 Å². The van der Waals surface area contributed by atoms with E-state index in [0.717, 1.165) is 69.8 Å². The Morgan fingerprint density at radius 1 is 1.19 bits per heavy atom. The summed E-state index contributed by atoms with van der Waals surface area (Å²) in [6.45, 7) is 5.47. The molecule has 0 unspecified atom stereocenters. The molecule has 154 valence electrons. The van der Waals surface area contributed by atoms with Gasteiger partial charge in [-0.1, -0.05) is 31.0 Å². The Morgan fingerprint density at radius 3 is 2.56 bits per heavy atom. The summed E-state index contributed by atoms with van der Waals surface area (Å²) >= 11 is 0. The van der Waals surface area contributed by atoms with Gasteiger partial charge in [0.25, 0.3) is 0 Å². The lowest BCUT2D eigenvalue weighted by molar-refractivity contribution is -0.126. The lowest BCUT2D eigenvalue weighted by Gasteiger charge is -2.26. The van der Waals surface area contributed by atoms with Crippen LogP contribution in [0.5, 0.6) is 5.75 Å². The van der Waals surface area contributed by atoms with Gasteiger partial charge in [-0.15, -0.1) is 24.8 Å². The van der Waals surface area contributed by atoms with E-state index in [2.05, 4.69) is 10.2 Å². The second-order valence-corrected chi connectivity index (χ2v) is 6.96. The van der Waals surface area contributed by atoms with Crippen molar-refractivity contribution in [3.63, 3.8) is 0 Å². The Morgan fingerprint density at radius 2 is 1.85 bits per heavy atom. The Bertz CT molecular complexity index is 577. The second kappa shape index (κ2) is 11.7. The van der Waals surface area contributed by atoms with Crippen molar-refractivity contribution in [1.29, 1.82) is 0 Å². The molecule has 0 radical (unpaired) electrons. The van der Waals surface area contributed by atoms with Gasteiger partial charge in [0.15, 0.2) is 0 Å². The van der Waals surface area contributed by atoms with E-state index in [0.29, 0.717) is 13.2 Å². The molecule has 0 spiro atoms. The minimum Gasteiger partial charge on any atom is -0.492 e.